The summed E-state index contributed by atoms with van der Waals surface area (Å²) in [6, 6.07) is 10.3. The summed E-state index contributed by atoms with van der Waals surface area (Å²) in [6.45, 7) is -0.405. The molecule has 3 N–H and O–H groups in total. The summed E-state index contributed by atoms with van der Waals surface area (Å²) in [5, 5.41) is 9.66. The highest BCUT2D eigenvalue weighted by Gasteiger charge is 2.32. The van der Waals surface area contributed by atoms with Gasteiger partial charge in [0.1, 0.15) is 5.75 Å². The summed E-state index contributed by atoms with van der Waals surface area (Å²) < 4.78 is 47.2. The molecule has 0 bridgehead atoms. The summed E-state index contributed by atoms with van der Waals surface area (Å²) in [5.41, 5.74) is 7.62. The third-order valence-corrected chi connectivity index (χ3v) is 6.00. The Morgan fingerprint density at radius 1 is 1.15 bits per heavy atom. The predicted molar refractivity (Wildman–Crippen MR) is 115 cm³/mol. The van der Waals surface area contributed by atoms with Crippen molar-refractivity contribution >= 4 is 22.8 Å². The van der Waals surface area contributed by atoms with Crippen LogP contribution in [0.25, 0.3) is 10.9 Å². The number of hydrogen-bond donors (Lipinski definition) is 2. The number of carboxylic acid groups (broad SMARTS) is 1. The van der Waals surface area contributed by atoms with Crippen molar-refractivity contribution in [2.24, 2.45) is 5.73 Å². The number of aromatic nitrogens is 1. The van der Waals surface area contributed by atoms with Gasteiger partial charge in [-0.1, -0.05) is 24.6 Å². The van der Waals surface area contributed by atoms with Crippen LogP contribution in [0.15, 0.2) is 42.5 Å². The molecule has 0 saturated carbocycles. The molecule has 0 aliphatic heterocycles. The van der Waals surface area contributed by atoms with Crippen LogP contribution >= 0.6 is 0 Å². The molecule has 0 radical (unpaired) electrons. The largest absolute Gasteiger partial charge is 0.481 e. The zero-order chi connectivity index (χ0) is 23.8. The molecule has 4 rings (SSSR count). The maximum absolute atomic E-state index is 13.2. The molecule has 1 aliphatic rings. The first-order valence-electron chi connectivity index (χ1n) is 10.6. The number of fused-ring (bicyclic) bond motifs is 3. The number of amides is 1. The highest BCUT2D eigenvalue weighted by Crippen LogP contribution is 2.42. The van der Waals surface area contributed by atoms with Gasteiger partial charge < -0.3 is 20.1 Å². The zero-order valence-electron chi connectivity index (χ0n) is 17.7. The first kappa shape index (κ1) is 22.7. The molecule has 0 spiro atoms. The summed E-state index contributed by atoms with van der Waals surface area (Å²) in [6.07, 6.45) is -1.74. The highest BCUT2D eigenvalue weighted by atomic mass is 19.4. The van der Waals surface area contributed by atoms with Crippen molar-refractivity contribution in [1.29, 1.82) is 0 Å². The number of aliphatic carboxylic acids is 1. The Hall–Kier alpha value is -3.49. The predicted octanol–water partition coefficient (Wildman–Crippen LogP) is 4.47. The van der Waals surface area contributed by atoms with E-state index in [2.05, 4.69) is 0 Å². The molecule has 174 valence electrons. The number of hydrogen-bond acceptors (Lipinski definition) is 3. The maximum Gasteiger partial charge on any atom is 0.416 e. The lowest BCUT2D eigenvalue weighted by molar-refractivity contribution is -0.139. The van der Waals surface area contributed by atoms with Crippen molar-refractivity contribution < 1.29 is 32.6 Å². The normalized spacial score (nSPS) is 16.3. The van der Waals surface area contributed by atoms with Crippen LogP contribution in [0.5, 0.6) is 5.75 Å². The monoisotopic (exact) mass is 460 g/mol. The molecule has 1 amide bonds. The van der Waals surface area contributed by atoms with Crippen LogP contribution in [0, 0.1) is 0 Å². The molecule has 1 heterocycles. The number of primary amides is 1. The van der Waals surface area contributed by atoms with Crippen LogP contribution in [-0.2, 0) is 28.7 Å². The first-order valence-corrected chi connectivity index (χ1v) is 10.6. The van der Waals surface area contributed by atoms with Crippen LogP contribution in [0.4, 0.5) is 13.2 Å². The lowest BCUT2D eigenvalue weighted by Gasteiger charge is -2.14. The average molecular weight is 460 g/mol. The second kappa shape index (κ2) is 8.80. The number of carbonyl (C=O) groups excluding carboxylic acids is 1. The quantitative estimate of drug-likeness (QED) is 0.531. The Bertz CT molecular complexity index is 1220. The fourth-order valence-electron chi connectivity index (χ4n) is 4.63. The third-order valence-electron chi connectivity index (χ3n) is 6.00. The smallest absolute Gasteiger partial charge is 0.416 e. The minimum atomic E-state index is -4.46. The van der Waals surface area contributed by atoms with Crippen LogP contribution < -0.4 is 10.5 Å². The molecule has 2 aromatic carbocycles. The summed E-state index contributed by atoms with van der Waals surface area (Å²) >= 11 is 0. The Balaban J connectivity index is 1.92. The Morgan fingerprint density at radius 3 is 2.61 bits per heavy atom. The lowest BCUT2D eigenvalue weighted by atomic mass is 9.92. The van der Waals surface area contributed by atoms with E-state index in [1.807, 2.05) is 4.57 Å². The van der Waals surface area contributed by atoms with Gasteiger partial charge in [-0.05, 0) is 54.7 Å². The molecule has 1 aliphatic carbocycles. The molecule has 3 aromatic rings. The van der Waals surface area contributed by atoms with Crippen molar-refractivity contribution in [2.75, 3.05) is 6.61 Å². The first-order chi connectivity index (χ1) is 15.7. The fraction of sp³-hybridized carbons (Fsp3) is 0.333. The Kier molecular flexibility index (Phi) is 6.05. The van der Waals surface area contributed by atoms with E-state index in [0.29, 0.717) is 40.6 Å². The van der Waals surface area contributed by atoms with Crippen LogP contribution in [0.3, 0.4) is 0 Å². The van der Waals surface area contributed by atoms with Gasteiger partial charge in [0.25, 0.3) is 0 Å². The zero-order valence-corrected chi connectivity index (χ0v) is 17.7. The average Bonchev–Trinajstić information content (AvgIpc) is 2.91. The van der Waals surface area contributed by atoms with Crippen LogP contribution in [0.2, 0.25) is 0 Å². The molecule has 1 unspecified atom stereocenters. The van der Waals surface area contributed by atoms with Crippen molar-refractivity contribution in [3.8, 4) is 5.75 Å². The number of carbonyl (C=O) groups is 2. The van der Waals surface area contributed by atoms with E-state index in [-0.39, 0.29) is 6.54 Å². The highest BCUT2D eigenvalue weighted by molar-refractivity contribution is 5.97. The topological polar surface area (TPSA) is 94.6 Å². The number of alkyl halides is 3. The number of carboxylic acids is 1. The van der Waals surface area contributed by atoms with E-state index in [1.54, 1.807) is 24.3 Å². The molecule has 0 saturated heterocycles. The van der Waals surface area contributed by atoms with Gasteiger partial charge >= 0.3 is 12.1 Å². The maximum atomic E-state index is 13.2. The van der Waals surface area contributed by atoms with Crippen molar-refractivity contribution in [1.82, 2.24) is 4.57 Å². The van der Waals surface area contributed by atoms with Crippen LogP contribution in [0.1, 0.15) is 47.6 Å². The van der Waals surface area contributed by atoms with Gasteiger partial charge in [-0.15, -0.1) is 0 Å². The van der Waals surface area contributed by atoms with Crippen LogP contribution in [-0.4, -0.2) is 28.2 Å². The molecule has 33 heavy (non-hydrogen) atoms. The van der Waals surface area contributed by atoms with Gasteiger partial charge in [0.15, 0.2) is 6.61 Å². The third kappa shape index (κ3) is 4.53. The van der Waals surface area contributed by atoms with Gasteiger partial charge in [0.05, 0.1) is 17.0 Å². The van der Waals surface area contributed by atoms with Crippen molar-refractivity contribution in [3.63, 3.8) is 0 Å². The van der Waals surface area contributed by atoms with E-state index < -0.39 is 36.1 Å². The molecule has 9 heteroatoms. The standard InChI is InChI=1S/C24H23F3N2O4/c25-24(26,27)15-6-3-5-14(11-15)12-29-17-8-2-1-7-16(23(28)32)21(17)22-18(29)9-4-10-19(22)33-13-20(30)31/h3-6,9-11,16H,1-2,7-8,12-13H2,(H2,28,32)(H,30,31). The fourth-order valence-corrected chi connectivity index (χ4v) is 4.63. The van der Waals surface area contributed by atoms with Gasteiger partial charge in [-0.25, -0.2) is 4.79 Å². The molecule has 1 atom stereocenters. The van der Waals surface area contributed by atoms with Gasteiger partial charge in [-0.3, -0.25) is 4.79 Å². The lowest BCUT2D eigenvalue weighted by Crippen LogP contribution is -2.21. The molecular weight excluding hydrogens is 437 g/mol. The number of rotatable bonds is 6. The minimum Gasteiger partial charge on any atom is -0.481 e. The van der Waals surface area contributed by atoms with E-state index in [1.165, 1.54) is 6.07 Å². The molecule has 6 nitrogen and oxygen atoms in total. The van der Waals surface area contributed by atoms with Crippen molar-refractivity contribution in [2.45, 2.75) is 44.3 Å². The van der Waals surface area contributed by atoms with Gasteiger partial charge in [-0.2, -0.15) is 13.2 Å². The SMILES string of the molecule is NC(=O)C1CCCCc2c1c1c(OCC(=O)O)cccc1n2Cc1cccc(C(F)(F)F)c1. The molecule has 1 aromatic heterocycles. The van der Waals surface area contributed by atoms with E-state index in [4.69, 9.17) is 15.6 Å². The summed E-state index contributed by atoms with van der Waals surface area (Å²) in [5.74, 6) is -1.93. The molecule has 0 fully saturated rings. The number of halogens is 3. The Labute approximate surface area is 187 Å². The second-order valence-corrected chi connectivity index (χ2v) is 8.18. The number of benzene rings is 2. The van der Waals surface area contributed by atoms with Gasteiger partial charge in [0.2, 0.25) is 5.91 Å². The van der Waals surface area contributed by atoms with Gasteiger partial charge in [0, 0.05) is 17.6 Å². The van der Waals surface area contributed by atoms with E-state index in [0.717, 1.165) is 30.7 Å². The summed E-state index contributed by atoms with van der Waals surface area (Å²) in [4.78, 5) is 23.5. The summed E-state index contributed by atoms with van der Waals surface area (Å²) in [7, 11) is 0. The second-order valence-electron chi connectivity index (χ2n) is 8.18. The van der Waals surface area contributed by atoms with E-state index in [9.17, 15) is 22.8 Å². The molecular formula is C24H23F3N2O4. The number of nitrogens with two attached hydrogens (primary N) is 1. The number of nitrogens with zero attached hydrogens (tertiary/aromatic N) is 1. The Morgan fingerprint density at radius 2 is 1.91 bits per heavy atom. The number of ether oxygens (including phenoxy) is 1. The van der Waals surface area contributed by atoms with E-state index >= 15 is 0 Å². The van der Waals surface area contributed by atoms with Crippen molar-refractivity contribution in [3.05, 3.63) is 64.8 Å². The minimum absolute atomic E-state index is 0.156.